The first-order valence-electron chi connectivity index (χ1n) is 6.82. The van der Waals surface area contributed by atoms with Crippen molar-refractivity contribution in [3.8, 4) is 11.5 Å². The molecule has 1 N–H and O–H groups in total. The van der Waals surface area contributed by atoms with Crippen molar-refractivity contribution in [1.82, 2.24) is 5.16 Å². The van der Waals surface area contributed by atoms with Crippen LogP contribution in [0.5, 0.6) is 11.5 Å². The molecule has 0 atom stereocenters. The minimum absolute atomic E-state index is 0.0556. The molecule has 0 aliphatic heterocycles. The maximum atomic E-state index is 12.3. The second-order valence-electron chi connectivity index (χ2n) is 4.40. The molecule has 0 aliphatic carbocycles. The number of aromatic nitrogens is 1. The zero-order valence-electron chi connectivity index (χ0n) is 12.6. The van der Waals surface area contributed by atoms with Crippen LogP contribution in [0.15, 0.2) is 33.7 Å². The Morgan fingerprint density at radius 2 is 1.82 bits per heavy atom. The summed E-state index contributed by atoms with van der Waals surface area (Å²) in [6, 6.07) is 5.93. The molecule has 0 amide bonds. The van der Waals surface area contributed by atoms with Gasteiger partial charge in [-0.1, -0.05) is 5.16 Å². The van der Waals surface area contributed by atoms with E-state index >= 15 is 0 Å². The zero-order chi connectivity index (χ0) is 16.2. The maximum Gasteiger partial charge on any atom is 0.263 e. The number of ether oxygens (including phenoxy) is 2. The molecule has 2 aromatic rings. The summed E-state index contributed by atoms with van der Waals surface area (Å²) in [4.78, 5) is 0.0556. The molecule has 0 saturated heterocycles. The second kappa shape index (κ2) is 6.69. The molecule has 1 heterocycles. The maximum absolute atomic E-state index is 12.3. The largest absolute Gasteiger partial charge is 0.490 e. The van der Waals surface area contributed by atoms with Crippen molar-refractivity contribution in [1.29, 1.82) is 0 Å². The van der Waals surface area contributed by atoms with Gasteiger partial charge >= 0.3 is 0 Å². The highest BCUT2D eigenvalue weighted by atomic mass is 32.2. The predicted octanol–water partition coefficient (Wildman–Crippen LogP) is 2.58. The van der Waals surface area contributed by atoms with Crippen molar-refractivity contribution < 1.29 is 22.4 Å². The van der Waals surface area contributed by atoms with Crippen molar-refractivity contribution >= 4 is 15.8 Å². The summed E-state index contributed by atoms with van der Waals surface area (Å²) in [6.45, 7) is 6.19. The highest BCUT2D eigenvalue weighted by molar-refractivity contribution is 7.92. The fraction of sp³-hybridized carbons (Fsp3) is 0.357. The van der Waals surface area contributed by atoms with E-state index in [0.29, 0.717) is 30.5 Å². The minimum Gasteiger partial charge on any atom is -0.490 e. The third-order valence-corrected chi connectivity index (χ3v) is 4.04. The molecule has 0 fully saturated rings. The Hall–Kier alpha value is -2.22. The second-order valence-corrected chi connectivity index (χ2v) is 6.09. The van der Waals surface area contributed by atoms with Crippen LogP contribution in [0, 0.1) is 6.92 Å². The molecule has 0 radical (unpaired) electrons. The smallest absolute Gasteiger partial charge is 0.263 e. The van der Waals surface area contributed by atoms with E-state index in [1.54, 1.807) is 13.0 Å². The van der Waals surface area contributed by atoms with Crippen LogP contribution in [-0.2, 0) is 10.0 Å². The van der Waals surface area contributed by atoms with Gasteiger partial charge in [-0.25, -0.2) is 8.42 Å². The van der Waals surface area contributed by atoms with Gasteiger partial charge in [0.2, 0.25) is 0 Å². The van der Waals surface area contributed by atoms with E-state index in [1.807, 2.05) is 13.8 Å². The van der Waals surface area contributed by atoms with Gasteiger partial charge in [0.05, 0.1) is 18.1 Å². The molecule has 0 unspecified atom stereocenters. The Morgan fingerprint density at radius 3 is 2.41 bits per heavy atom. The average molecular weight is 326 g/mol. The van der Waals surface area contributed by atoms with Crippen molar-refractivity contribution in [3.05, 3.63) is 30.0 Å². The molecule has 0 spiro atoms. The lowest BCUT2D eigenvalue weighted by Gasteiger charge is -2.12. The van der Waals surface area contributed by atoms with Gasteiger partial charge in [-0.3, -0.25) is 4.72 Å². The van der Waals surface area contributed by atoms with Crippen molar-refractivity contribution in [2.45, 2.75) is 25.7 Å². The number of hydrogen-bond acceptors (Lipinski definition) is 6. The van der Waals surface area contributed by atoms with Gasteiger partial charge in [0.1, 0.15) is 5.76 Å². The van der Waals surface area contributed by atoms with Crippen molar-refractivity contribution in [2.24, 2.45) is 0 Å². The van der Waals surface area contributed by atoms with E-state index in [9.17, 15) is 8.42 Å². The number of nitrogens with one attached hydrogen (secondary N) is 1. The first kappa shape index (κ1) is 16.2. The summed E-state index contributed by atoms with van der Waals surface area (Å²) in [5.41, 5.74) is 0. The van der Waals surface area contributed by atoms with Crippen LogP contribution in [-0.4, -0.2) is 26.8 Å². The number of nitrogens with zero attached hydrogens (tertiary/aromatic N) is 1. The average Bonchev–Trinajstić information content (AvgIpc) is 2.85. The summed E-state index contributed by atoms with van der Waals surface area (Å²) in [5, 5.41) is 3.61. The fourth-order valence-corrected chi connectivity index (χ4v) is 2.81. The van der Waals surface area contributed by atoms with Crippen LogP contribution >= 0.6 is 0 Å². The van der Waals surface area contributed by atoms with Gasteiger partial charge in [-0.2, -0.15) is 0 Å². The Morgan fingerprint density at radius 1 is 1.14 bits per heavy atom. The van der Waals surface area contributed by atoms with E-state index in [4.69, 9.17) is 14.0 Å². The molecule has 1 aromatic carbocycles. The number of aryl methyl sites for hydroxylation is 1. The summed E-state index contributed by atoms with van der Waals surface area (Å²) in [7, 11) is -3.78. The monoisotopic (exact) mass is 326 g/mol. The molecule has 8 heteroatoms. The molecule has 1 aromatic heterocycles. The van der Waals surface area contributed by atoms with Gasteiger partial charge in [-0.15, -0.1) is 0 Å². The molecule has 2 rings (SSSR count). The summed E-state index contributed by atoms with van der Waals surface area (Å²) in [6.07, 6.45) is 0. The van der Waals surface area contributed by atoms with Gasteiger partial charge in [0, 0.05) is 12.1 Å². The van der Waals surface area contributed by atoms with Crippen molar-refractivity contribution in [2.75, 3.05) is 17.9 Å². The highest BCUT2D eigenvalue weighted by Crippen LogP contribution is 2.30. The normalized spacial score (nSPS) is 11.2. The quantitative estimate of drug-likeness (QED) is 0.841. The lowest BCUT2D eigenvalue weighted by atomic mass is 10.3. The minimum atomic E-state index is -3.78. The topological polar surface area (TPSA) is 90.7 Å². The highest BCUT2D eigenvalue weighted by Gasteiger charge is 2.19. The van der Waals surface area contributed by atoms with E-state index in [-0.39, 0.29) is 10.7 Å². The van der Waals surface area contributed by atoms with Gasteiger partial charge < -0.3 is 14.0 Å². The Bertz CT molecular complexity index is 739. The van der Waals surface area contributed by atoms with E-state index in [1.165, 1.54) is 18.2 Å². The lowest BCUT2D eigenvalue weighted by Crippen LogP contribution is -2.13. The number of sulfonamides is 1. The molecular formula is C14H18N2O5S. The third kappa shape index (κ3) is 3.70. The molecule has 7 nitrogen and oxygen atoms in total. The van der Waals surface area contributed by atoms with E-state index in [2.05, 4.69) is 9.88 Å². The Kier molecular flexibility index (Phi) is 4.92. The van der Waals surface area contributed by atoms with E-state index < -0.39 is 10.0 Å². The zero-order valence-corrected chi connectivity index (χ0v) is 13.4. The number of anilines is 1. The number of benzene rings is 1. The van der Waals surface area contributed by atoms with E-state index in [0.717, 1.165) is 0 Å². The molecule has 120 valence electrons. The summed E-state index contributed by atoms with van der Waals surface area (Å²) >= 11 is 0. The van der Waals surface area contributed by atoms with Crippen LogP contribution in [0.25, 0.3) is 0 Å². The lowest BCUT2D eigenvalue weighted by molar-refractivity contribution is 0.287. The fourth-order valence-electron chi connectivity index (χ4n) is 1.81. The molecule has 0 bridgehead atoms. The Balaban J connectivity index is 2.32. The molecular weight excluding hydrogens is 308 g/mol. The first-order chi connectivity index (χ1) is 10.5. The number of hydrogen-bond donors (Lipinski definition) is 1. The van der Waals surface area contributed by atoms with Crippen LogP contribution in [0.3, 0.4) is 0 Å². The molecule has 22 heavy (non-hydrogen) atoms. The molecule has 0 saturated carbocycles. The van der Waals surface area contributed by atoms with Gasteiger partial charge in [0.25, 0.3) is 10.0 Å². The van der Waals surface area contributed by atoms with Crippen molar-refractivity contribution in [3.63, 3.8) is 0 Å². The standard InChI is InChI=1S/C14H18N2O5S/c1-4-19-12-7-6-11(9-13(12)20-5-2)22(17,18)16-14-8-10(3)21-15-14/h6-9H,4-5H2,1-3H3,(H,15,16). The van der Waals surface area contributed by atoms with Gasteiger partial charge in [0.15, 0.2) is 17.3 Å². The first-order valence-corrected chi connectivity index (χ1v) is 8.30. The van der Waals surface area contributed by atoms with Crippen LogP contribution in [0.4, 0.5) is 5.82 Å². The molecule has 0 aliphatic rings. The van der Waals surface area contributed by atoms with Crippen LogP contribution in [0.1, 0.15) is 19.6 Å². The Labute approximate surface area is 129 Å². The predicted molar refractivity (Wildman–Crippen MR) is 80.8 cm³/mol. The third-order valence-electron chi connectivity index (χ3n) is 2.69. The SMILES string of the molecule is CCOc1ccc(S(=O)(=O)Nc2cc(C)on2)cc1OCC. The van der Waals surface area contributed by atoms with Crippen LogP contribution < -0.4 is 14.2 Å². The van der Waals surface area contributed by atoms with Crippen LogP contribution in [0.2, 0.25) is 0 Å². The summed E-state index contributed by atoms with van der Waals surface area (Å²) in [5.74, 6) is 1.52. The van der Waals surface area contributed by atoms with Gasteiger partial charge in [-0.05, 0) is 32.9 Å². The summed E-state index contributed by atoms with van der Waals surface area (Å²) < 4.78 is 42.7. The number of rotatable bonds is 7.